The lowest BCUT2D eigenvalue weighted by molar-refractivity contribution is 0.355. The van der Waals surface area contributed by atoms with Crippen molar-refractivity contribution in [2.24, 2.45) is 0 Å². The number of ether oxygens (including phenoxy) is 2. The molecule has 0 bridgehead atoms. The van der Waals surface area contributed by atoms with Crippen LogP contribution in [0.15, 0.2) is 36.4 Å². The van der Waals surface area contributed by atoms with E-state index in [0.717, 1.165) is 34.0 Å². The topological polar surface area (TPSA) is 30.5 Å². The Morgan fingerprint density at radius 2 is 1.70 bits per heavy atom. The van der Waals surface area contributed by atoms with Crippen LogP contribution in [0.2, 0.25) is 0 Å². The van der Waals surface area contributed by atoms with Crippen LogP contribution in [0, 0.1) is 0 Å². The van der Waals surface area contributed by atoms with Gasteiger partial charge in [0.05, 0.1) is 14.2 Å². The molecule has 2 aromatic rings. The first-order valence-electron chi connectivity index (χ1n) is 6.37. The molecule has 1 aliphatic rings. The largest absolute Gasteiger partial charge is 0.493 e. The highest BCUT2D eigenvalue weighted by molar-refractivity contribution is 7.81. The van der Waals surface area contributed by atoms with Gasteiger partial charge in [0.2, 0.25) is 0 Å². The van der Waals surface area contributed by atoms with Gasteiger partial charge < -0.3 is 14.8 Å². The summed E-state index contributed by atoms with van der Waals surface area (Å²) < 4.78 is 10.7. The van der Waals surface area contributed by atoms with Gasteiger partial charge in [0.25, 0.3) is 0 Å². The lowest BCUT2D eigenvalue weighted by Crippen LogP contribution is -2.10. The lowest BCUT2D eigenvalue weighted by Gasteiger charge is -2.13. The Kier molecular flexibility index (Phi) is 3.32. The van der Waals surface area contributed by atoms with Crippen LogP contribution in [0.1, 0.15) is 16.7 Å². The molecule has 20 heavy (non-hydrogen) atoms. The van der Waals surface area contributed by atoms with Crippen LogP contribution in [0.4, 0.5) is 5.69 Å². The number of hydrogen-bond acceptors (Lipinski definition) is 3. The van der Waals surface area contributed by atoms with Crippen LogP contribution in [-0.2, 0) is 6.42 Å². The van der Waals surface area contributed by atoms with Gasteiger partial charge >= 0.3 is 0 Å². The van der Waals surface area contributed by atoms with Gasteiger partial charge in [-0.2, -0.15) is 0 Å². The molecule has 3 rings (SSSR count). The molecule has 1 heterocycles. The van der Waals surface area contributed by atoms with E-state index in [1.165, 1.54) is 5.56 Å². The van der Waals surface area contributed by atoms with Crippen molar-refractivity contribution in [1.29, 1.82) is 0 Å². The van der Waals surface area contributed by atoms with Crippen molar-refractivity contribution in [3.63, 3.8) is 0 Å². The number of hydrogen-bond donors (Lipinski definition) is 1. The molecular formula is C16H15NO2S. The third-order valence-electron chi connectivity index (χ3n) is 3.50. The zero-order valence-corrected chi connectivity index (χ0v) is 12.2. The molecule has 0 amide bonds. The highest BCUT2D eigenvalue weighted by Crippen LogP contribution is 2.36. The van der Waals surface area contributed by atoms with E-state index in [0.29, 0.717) is 5.75 Å². The summed E-state index contributed by atoms with van der Waals surface area (Å²) in [6.07, 6.45) is 0.818. The zero-order valence-electron chi connectivity index (χ0n) is 11.4. The predicted octanol–water partition coefficient (Wildman–Crippen LogP) is 3.40. The van der Waals surface area contributed by atoms with Crippen molar-refractivity contribution in [3.8, 4) is 11.5 Å². The fraction of sp³-hybridized carbons (Fsp3) is 0.188. The molecule has 3 nitrogen and oxygen atoms in total. The standard InChI is InChI=1S/C16H15NO2S/c1-18-14-8-11-7-10-5-3-4-6-12(10)16(20)17-13(11)9-15(14)19-2/h3-6,8-9H,7H2,1-2H3,(H,17,20). The first kappa shape index (κ1) is 12.9. The second-order valence-electron chi connectivity index (χ2n) is 4.65. The summed E-state index contributed by atoms with van der Waals surface area (Å²) in [5, 5.41) is 3.30. The summed E-state index contributed by atoms with van der Waals surface area (Å²) in [6.45, 7) is 0. The first-order chi connectivity index (χ1) is 9.72. The number of benzene rings is 2. The van der Waals surface area contributed by atoms with Gasteiger partial charge in [-0.05, 0) is 17.2 Å². The summed E-state index contributed by atoms with van der Waals surface area (Å²) >= 11 is 5.48. The van der Waals surface area contributed by atoms with Crippen molar-refractivity contribution < 1.29 is 9.47 Å². The average Bonchev–Trinajstić information content (AvgIpc) is 2.61. The van der Waals surface area contributed by atoms with Crippen molar-refractivity contribution in [1.82, 2.24) is 0 Å². The molecule has 0 radical (unpaired) electrons. The fourth-order valence-electron chi connectivity index (χ4n) is 2.47. The molecule has 0 saturated heterocycles. The number of nitrogens with one attached hydrogen (secondary N) is 1. The maximum Gasteiger partial charge on any atom is 0.162 e. The Morgan fingerprint density at radius 3 is 2.45 bits per heavy atom. The maximum absolute atomic E-state index is 5.48. The third-order valence-corrected chi connectivity index (χ3v) is 3.82. The van der Waals surface area contributed by atoms with Gasteiger partial charge in [0.15, 0.2) is 11.5 Å². The van der Waals surface area contributed by atoms with Gasteiger partial charge in [-0.3, -0.25) is 0 Å². The van der Waals surface area contributed by atoms with E-state index in [1.54, 1.807) is 14.2 Å². The van der Waals surface area contributed by atoms with Gasteiger partial charge in [0.1, 0.15) is 4.99 Å². The fourth-order valence-corrected chi connectivity index (χ4v) is 2.78. The smallest absolute Gasteiger partial charge is 0.162 e. The highest BCUT2D eigenvalue weighted by Gasteiger charge is 2.18. The van der Waals surface area contributed by atoms with Crippen molar-refractivity contribution in [3.05, 3.63) is 53.1 Å². The normalized spacial score (nSPS) is 12.8. The van der Waals surface area contributed by atoms with Gasteiger partial charge in [-0.25, -0.2) is 0 Å². The number of methoxy groups -OCH3 is 2. The zero-order chi connectivity index (χ0) is 14.1. The van der Waals surface area contributed by atoms with E-state index in [9.17, 15) is 0 Å². The van der Waals surface area contributed by atoms with Gasteiger partial charge in [-0.15, -0.1) is 0 Å². The number of anilines is 1. The van der Waals surface area contributed by atoms with Crippen LogP contribution in [0.5, 0.6) is 11.5 Å². The Bertz CT molecular complexity index is 682. The monoisotopic (exact) mass is 285 g/mol. The molecule has 0 aromatic heterocycles. The van der Waals surface area contributed by atoms with E-state index in [2.05, 4.69) is 11.4 Å². The second kappa shape index (κ2) is 5.13. The minimum atomic E-state index is 0.701. The van der Waals surface area contributed by atoms with Crippen LogP contribution in [0.25, 0.3) is 0 Å². The number of fused-ring (bicyclic) bond motifs is 2. The van der Waals surface area contributed by atoms with Crippen LogP contribution < -0.4 is 14.8 Å². The van der Waals surface area contributed by atoms with Crippen molar-refractivity contribution in [2.45, 2.75) is 6.42 Å². The molecule has 2 aromatic carbocycles. The predicted molar refractivity (Wildman–Crippen MR) is 84.1 cm³/mol. The SMILES string of the molecule is COc1cc2c(cc1OC)NC(=S)c1ccccc1C2. The third kappa shape index (κ3) is 2.12. The maximum atomic E-state index is 5.48. The number of thiocarbonyl (C=S) groups is 1. The second-order valence-corrected chi connectivity index (χ2v) is 5.06. The Labute approximate surface area is 123 Å². The van der Waals surface area contributed by atoms with E-state index >= 15 is 0 Å². The molecule has 0 spiro atoms. The molecule has 0 saturated carbocycles. The summed E-state index contributed by atoms with van der Waals surface area (Å²) in [6, 6.07) is 12.1. The van der Waals surface area contributed by atoms with Crippen molar-refractivity contribution >= 4 is 22.9 Å². The molecule has 4 heteroatoms. The van der Waals surface area contributed by atoms with E-state index in [-0.39, 0.29) is 0 Å². The summed E-state index contributed by atoms with van der Waals surface area (Å²) in [7, 11) is 3.28. The molecule has 0 fully saturated rings. The summed E-state index contributed by atoms with van der Waals surface area (Å²) in [5.74, 6) is 1.44. The van der Waals surface area contributed by atoms with E-state index in [1.807, 2.05) is 30.3 Å². The molecular weight excluding hydrogens is 270 g/mol. The first-order valence-corrected chi connectivity index (χ1v) is 6.78. The summed E-state index contributed by atoms with van der Waals surface area (Å²) in [5.41, 5.74) is 4.42. The minimum Gasteiger partial charge on any atom is -0.493 e. The quantitative estimate of drug-likeness (QED) is 0.857. The molecule has 0 unspecified atom stereocenters. The van der Waals surface area contributed by atoms with E-state index in [4.69, 9.17) is 21.7 Å². The molecule has 0 aliphatic carbocycles. The molecule has 1 N–H and O–H groups in total. The van der Waals surface area contributed by atoms with Crippen LogP contribution >= 0.6 is 12.2 Å². The Hall–Kier alpha value is -2.07. The Morgan fingerprint density at radius 1 is 1.00 bits per heavy atom. The average molecular weight is 285 g/mol. The van der Waals surface area contributed by atoms with Gasteiger partial charge in [0, 0.05) is 23.7 Å². The lowest BCUT2D eigenvalue weighted by atomic mass is 10.0. The number of rotatable bonds is 2. The molecule has 0 atom stereocenters. The van der Waals surface area contributed by atoms with Crippen LogP contribution in [-0.4, -0.2) is 19.2 Å². The van der Waals surface area contributed by atoms with Gasteiger partial charge in [-0.1, -0.05) is 36.5 Å². The minimum absolute atomic E-state index is 0.701. The Balaban J connectivity index is 2.14. The molecule has 102 valence electrons. The molecule has 1 aliphatic heterocycles. The van der Waals surface area contributed by atoms with Crippen LogP contribution in [0.3, 0.4) is 0 Å². The summed E-state index contributed by atoms with van der Waals surface area (Å²) in [4.78, 5) is 0.742. The highest BCUT2D eigenvalue weighted by atomic mass is 32.1. The van der Waals surface area contributed by atoms with Crippen molar-refractivity contribution in [2.75, 3.05) is 19.5 Å². The van der Waals surface area contributed by atoms with E-state index < -0.39 is 0 Å².